The molecule has 0 aliphatic carbocycles. The van der Waals surface area contributed by atoms with Crippen molar-refractivity contribution in [1.82, 2.24) is 9.55 Å². The number of nitrogens with one attached hydrogen (secondary N) is 1. The average molecular weight is 317 g/mol. The van der Waals surface area contributed by atoms with E-state index in [-0.39, 0.29) is 5.69 Å². The zero-order valence-electron chi connectivity index (χ0n) is 13.3. The Morgan fingerprint density at radius 2 is 2.33 bits per heavy atom. The van der Waals surface area contributed by atoms with Gasteiger partial charge < -0.3 is 14.9 Å². The van der Waals surface area contributed by atoms with Gasteiger partial charge in [-0.1, -0.05) is 17.5 Å². The zero-order valence-corrected chi connectivity index (χ0v) is 12.0. The average Bonchev–Trinajstić information content (AvgIpc) is 2.63. The number of aliphatic hydroxyl groups is 2. The molecule has 1 aliphatic rings. The SMILES string of the molecule is [2H]C([2H])(O)[C@H]1O[C@@H](n2c(C)cc(=O)[nH]c2=O)C(Cl)(C#CC)[C@H]1O. The van der Waals surface area contributed by atoms with E-state index in [0.717, 1.165) is 10.6 Å². The minimum Gasteiger partial charge on any atom is -0.394 e. The Hall–Kier alpha value is -1.59. The topological polar surface area (TPSA) is 105 Å². The molecule has 21 heavy (non-hydrogen) atoms. The normalized spacial score (nSPS) is 33.9. The molecule has 1 aliphatic heterocycles. The van der Waals surface area contributed by atoms with E-state index in [1.807, 2.05) is 4.98 Å². The van der Waals surface area contributed by atoms with Crippen LogP contribution in [0.4, 0.5) is 0 Å². The van der Waals surface area contributed by atoms with Gasteiger partial charge in [-0.3, -0.25) is 14.3 Å². The van der Waals surface area contributed by atoms with Crippen molar-refractivity contribution in [3.8, 4) is 11.8 Å². The van der Waals surface area contributed by atoms with Crippen LogP contribution in [0.15, 0.2) is 15.7 Å². The molecule has 0 spiro atoms. The first-order valence-electron chi connectivity index (χ1n) is 7.03. The van der Waals surface area contributed by atoms with Crippen molar-refractivity contribution in [3.05, 3.63) is 32.6 Å². The predicted octanol–water partition coefficient (Wildman–Crippen LogP) is -0.903. The summed E-state index contributed by atoms with van der Waals surface area (Å²) in [5.74, 6) is 4.99. The number of ether oxygens (including phenoxy) is 1. The van der Waals surface area contributed by atoms with Crippen LogP contribution in [0, 0.1) is 18.8 Å². The summed E-state index contributed by atoms with van der Waals surface area (Å²) < 4.78 is 21.0. The number of hydrogen-bond donors (Lipinski definition) is 3. The highest BCUT2D eigenvalue weighted by molar-refractivity contribution is 6.27. The van der Waals surface area contributed by atoms with Crippen LogP contribution in [-0.2, 0) is 4.74 Å². The standard InChI is InChI=1S/C13H15ClN2O5/c1-3-4-13(14)10(19)8(6-17)21-11(13)16-7(2)5-9(18)15-12(16)20/h5,8,10-11,17,19H,6H2,1-2H3,(H,15,18,20)/t8-,10+,11-,13?/m1/s1/i6D2. The maximum Gasteiger partial charge on any atom is 0.330 e. The molecule has 0 bridgehead atoms. The summed E-state index contributed by atoms with van der Waals surface area (Å²) in [4.78, 5) is 23.6. The Balaban J connectivity index is 2.67. The van der Waals surface area contributed by atoms with Gasteiger partial charge >= 0.3 is 5.69 Å². The Kier molecular flexibility index (Phi) is 3.53. The maximum atomic E-state index is 12.1. The van der Waals surface area contributed by atoms with Crippen LogP contribution in [0.25, 0.3) is 0 Å². The lowest BCUT2D eigenvalue weighted by Gasteiger charge is -2.26. The maximum absolute atomic E-state index is 12.1. The highest BCUT2D eigenvalue weighted by Crippen LogP contribution is 2.42. The van der Waals surface area contributed by atoms with Crippen molar-refractivity contribution < 1.29 is 17.7 Å². The third kappa shape index (κ3) is 2.51. The molecule has 1 aromatic rings. The molecule has 0 radical (unpaired) electrons. The second-order valence-electron chi connectivity index (χ2n) is 4.58. The molecule has 0 saturated carbocycles. The molecule has 4 atom stereocenters. The van der Waals surface area contributed by atoms with Crippen LogP contribution in [0.1, 0.15) is 21.6 Å². The van der Waals surface area contributed by atoms with Crippen LogP contribution >= 0.6 is 11.6 Å². The number of nitrogens with zero attached hydrogens (tertiary/aromatic N) is 1. The molecular weight excluding hydrogens is 300 g/mol. The summed E-state index contributed by atoms with van der Waals surface area (Å²) in [6, 6.07) is 1.12. The number of alkyl halides is 1. The zero-order chi connectivity index (χ0) is 17.6. The fourth-order valence-corrected chi connectivity index (χ4v) is 2.63. The fourth-order valence-electron chi connectivity index (χ4n) is 2.27. The van der Waals surface area contributed by atoms with Crippen molar-refractivity contribution in [1.29, 1.82) is 0 Å². The van der Waals surface area contributed by atoms with E-state index in [4.69, 9.17) is 19.1 Å². The van der Waals surface area contributed by atoms with Crippen molar-refractivity contribution in [3.63, 3.8) is 0 Å². The first-order valence-corrected chi connectivity index (χ1v) is 6.41. The fraction of sp³-hybridized carbons (Fsp3) is 0.538. The van der Waals surface area contributed by atoms with Gasteiger partial charge in [0.25, 0.3) is 5.56 Å². The van der Waals surface area contributed by atoms with Crippen molar-refractivity contribution in [2.75, 3.05) is 6.56 Å². The summed E-state index contributed by atoms with van der Waals surface area (Å²) in [7, 11) is 0. The minimum absolute atomic E-state index is 0.179. The molecule has 7 nitrogen and oxygen atoms in total. The lowest BCUT2D eigenvalue weighted by Crippen LogP contribution is -2.45. The largest absolute Gasteiger partial charge is 0.394 e. The molecule has 8 heteroatoms. The number of aromatic amines is 1. The number of aliphatic hydroxyl groups excluding tert-OH is 1. The molecule has 0 amide bonds. The second kappa shape index (κ2) is 5.66. The smallest absolute Gasteiger partial charge is 0.330 e. The molecule has 1 saturated heterocycles. The first-order chi connectivity index (χ1) is 10.5. The van der Waals surface area contributed by atoms with Gasteiger partial charge in [-0.15, -0.1) is 5.92 Å². The van der Waals surface area contributed by atoms with Crippen LogP contribution < -0.4 is 11.2 Å². The molecule has 1 unspecified atom stereocenters. The number of hydrogen-bond acceptors (Lipinski definition) is 5. The summed E-state index contributed by atoms with van der Waals surface area (Å²) in [6.45, 7) is -0.0231. The van der Waals surface area contributed by atoms with Crippen molar-refractivity contribution in [2.24, 2.45) is 0 Å². The van der Waals surface area contributed by atoms with Gasteiger partial charge in [0.05, 0.1) is 9.30 Å². The highest BCUT2D eigenvalue weighted by Gasteiger charge is 2.56. The van der Waals surface area contributed by atoms with Crippen LogP contribution in [0.5, 0.6) is 0 Å². The van der Waals surface area contributed by atoms with Crippen LogP contribution in [0.3, 0.4) is 0 Å². The summed E-state index contributed by atoms with van der Waals surface area (Å²) in [5.41, 5.74) is -1.30. The molecule has 1 fully saturated rings. The van der Waals surface area contributed by atoms with Gasteiger partial charge in [-0.2, -0.15) is 0 Å². The van der Waals surface area contributed by atoms with E-state index in [2.05, 4.69) is 11.8 Å². The lowest BCUT2D eigenvalue weighted by molar-refractivity contribution is -0.0471. The Labute approximate surface area is 127 Å². The van der Waals surface area contributed by atoms with E-state index in [1.54, 1.807) is 0 Å². The predicted molar refractivity (Wildman–Crippen MR) is 75.1 cm³/mol. The highest BCUT2D eigenvalue weighted by atomic mass is 35.5. The Bertz CT molecular complexity index is 791. The van der Waals surface area contributed by atoms with Gasteiger partial charge in [0.1, 0.15) is 12.2 Å². The quantitative estimate of drug-likeness (QED) is 0.484. The van der Waals surface area contributed by atoms with E-state index in [1.165, 1.54) is 13.8 Å². The lowest BCUT2D eigenvalue weighted by atomic mass is 9.99. The van der Waals surface area contributed by atoms with E-state index >= 15 is 0 Å². The molecular formula is C13H15ClN2O5. The molecule has 114 valence electrons. The van der Waals surface area contributed by atoms with E-state index in [9.17, 15) is 19.8 Å². The second-order valence-corrected chi connectivity index (χ2v) is 5.20. The van der Waals surface area contributed by atoms with Crippen molar-refractivity contribution in [2.45, 2.75) is 37.2 Å². The molecule has 2 heterocycles. The van der Waals surface area contributed by atoms with Gasteiger partial charge in [0, 0.05) is 11.8 Å². The number of H-pyrrole nitrogens is 1. The van der Waals surface area contributed by atoms with Crippen LogP contribution in [-0.4, -0.2) is 43.4 Å². The third-order valence-corrected chi connectivity index (χ3v) is 3.70. The van der Waals surface area contributed by atoms with E-state index in [0.29, 0.717) is 0 Å². The van der Waals surface area contributed by atoms with Gasteiger partial charge in [-0.25, -0.2) is 4.79 Å². The number of halogens is 1. The van der Waals surface area contributed by atoms with Gasteiger partial charge in [0.15, 0.2) is 11.1 Å². The van der Waals surface area contributed by atoms with Gasteiger partial charge in [-0.05, 0) is 13.8 Å². The minimum atomic E-state index is -2.91. The van der Waals surface area contributed by atoms with Crippen LogP contribution in [0.2, 0.25) is 0 Å². The number of aromatic nitrogens is 2. The Morgan fingerprint density at radius 3 is 2.86 bits per heavy atom. The molecule has 3 N–H and O–H groups in total. The molecule has 2 rings (SSSR count). The first kappa shape index (κ1) is 13.1. The Morgan fingerprint density at radius 1 is 1.67 bits per heavy atom. The van der Waals surface area contributed by atoms with E-state index < -0.39 is 41.1 Å². The summed E-state index contributed by atoms with van der Waals surface area (Å²) in [5, 5.41) is 19.8. The summed E-state index contributed by atoms with van der Waals surface area (Å²) >= 11 is 6.33. The number of rotatable bonds is 2. The monoisotopic (exact) mass is 316 g/mol. The number of aryl methyl sites for hydroxylation is 1. The third-order valence-electron chi connectivity index (χ3n) is 3.20. The van der Waals surface area contributed by atoms with Gasteiger partial charge in [0.2, 0.25) is 0 Å². The molecule has 1 aromatic heterocycles. The van der Waals surface area contributed by atoms with Crippen molar-refractivity contribution >= 4 is 11.6 Å². The molecule has 0 aromatic carbocycles. The summed E-state index contributed by atoms with van der Waals surface area (Å²) in [6.07, 6.45) is -4.87.